The third-order valence-corrected chi connectivity index (χ3v) is 7.72. The molecule has 3 aromatic rings. The SMILES string of the molecule is O=C(Nc1cc(-c2cc(OCC3CCOCC3)ccc2Cl)c(Cl)cn1)c1n[nH]c(CC2CCCCC2)n1. The first kappa shape index (κ1) is 25.9. The fourth-order valence-electron chi connectivity index (χ4n) is 4.97. The Morgan fingerprint density at radius 3 is 2.62 bits per heavy atom. The van der Waals surface area contributed by atoms with Crippen molar-refractivity contribution in [1.29, 1.82) is 0 Å². The molecule has 0 spiro atoms. The quantitative estimate of drug-likeness (QED) is 0.343. The van der Waals surface area contributed by atoms with Crippen molar-refractivity contribution < 1.29 is 14.3 Å². The van der Waals surface area contributed by atoms with Crippen LogP contribution in [0.15, 0.2) is 30.5 Å². The Morgan fingerprint density at radius 1 is 1.03 bits per heavy atom. The second kappa shape index (κ2) is 12.2. The van der Waals surface area contributed by atoms with Gasteiger partial charge < -0.3 is 14.8 Å². The van der Waals surface area contributed by atoms with Crippen LogP contribution >= 0.6 is 23.2 Å². The minimum atomic E-state index is -0.438. The molecular weight excluding hydrogens is 513 g/mol. The van der Waals surface area contributed by atoms with Gasteiger partial charge in [0.15, 0.2) is 0 Å². The van der Waals surface area contributed by atoms with Gasteiger partial charge in [0.25, 0.3) is 5.91 Å². The smallest absolute Gasteiger partial charge is 0.296 e. The number of carbonyl (C=O) groups excluding carboxylic acids is 1. The zero-order valence-electron chi connectivity index (χ0n) is 20.6. The molecule has 1 aliphatic carbocycles. The van der Waals surface area contributed by atoms with Gasteiger partial charge in [-0.3, -0.25) is 9.89 Å². The molecule has 5 rings (SSSR count). The molecule has 2 aliphatic rings. The number of aromatic amines is 1. The van der Waals surface area contributed by atoms with Crippen LogP contribution in [-0.4, -0.2) is 45.9 Å². The van der Waals surface area contributed by atoms with Gasteiger partial charge in [-0.15, -0.1) is 5.10 Å². The number of anilines is 1. The number of pyridine rings is 1. The lowest BCUT2D eigenvalue weighted by molar-refractivity contribution is 0.0497. The molecule has 0 bridgehead atoms. The fourth-order valence-corrected chi connectivity index (χ4v) is 5.39. The molecular formula is C27H31Cl2N5O3. The van der Waals surface area contributed by atoms with E-state index >= 15 is 0 Å². The normalized spacial score (nSPS) is 17.0. The summed E-state index contributed by atoms with van der Waals surface area (Å²) in [6.45, 7) is 2.17. The van der Waals surface area contributed by atoms with Crippen LogP contribution in [0.1, 0.15) is 61.4 Å². The van der Waals surface area contributed by atoms with Gasteiger partial charge in [0, 0.05) is 42.0 Å². The predicted molar refractivity (Wildman–Crippen MR) is 143 cm³/mol. The van der Waals surface area contributed by atoms with E-state index in [0.29, 0.717) is 51.2 Å². The molecule has 0 radical (unpaired) electrons. The summed E-state index contributed by atoms with van der Waals surface area (Å²) in [5.74, 6) is 2.49. The number of rotatable bonds is 8. The van der Waals surface area contributed by atoms with Crippen LogP contribution < -0.4 is 10.1 Å². The van der Waals surface area contributed by atoms with Gasteiger partial charge in [0.05, 0.1) is 11.6 Å². The number of ether oxygens (including phenoxy) is 2. The highest BCUT2D eigenvalue weighted by molar-refractivity contribution is 6.36. The maximum absolute atomic E-state index is 12.8. The van der Waals surface area contributed by atoms with Crippen molar-refractivity contribution in [2.45, 2.75) is 51.4 Å². The molecule has 37 heavy (non-hydrogen) atoms. The van der Waals surface area contributed by atoms with Gasteiger partial charge >= 0.3 is 0 Å². The summed E-state index contributed by atoms with van der Waals surface area (Å²) in [7, 11) is 0. The number of benzene rings is 1. The first-order valence-corrected chi connectivity index (χ1v) is 13.7. The van der Waals surface area contributed by atoms with Gasteiger partial charge in [0.1, 0.15) is 17.4 Å². The molecule has 1 saturated heterocycles. The predicted octanol–water partition coefficient (Wildman–Crippen LogP) is 6.35. The van der Waals surface area contributed by atoms with Gasteiger partial charge in [-0.1, -0.05) is 55.3 Å². The number of carbonyl (C=O) groups is 1. The summed E-state index contributed by atoms with van der Waals surface area (Å²) < 4.78 is 11.5. The van der Waals surface area contributed by atoms with E-state index in [9.17, 15) is 4.79 Å². The minimum absolute atomic E-state index is 0.0886. The minimum Gasteiger partial charge on any atom is -0.493 e. The van der Waals surface area contributed by atoms with E-state index in [4.69, 9.17) is 32.7 Å². The third kappa shape index (κ3) is 6.80. The maximum Gasteiger partial charge on any atom is 0.296 e. The number of amides is 1. The van der Waals surface area contributed by atoms with Crippen LogP contribution in [0.2, 0.25) is 10.0 Å². The second-order valence-corrected chi connectivity index (χ2v) is 10.6. The molecule has 1 aliphatic heterocycles. The Morgan fingerprint density at radius 2 is 1.81 bits per heavy atom. The number of H-pyrrole nitrogens is 1. The number of aromatic nitrogens is 4. The van der Waals surface area contributed by atoms with Crippen molar-refractivity contribution in [1.82, 2.24) is 20.2 Å². The van der Waals surface area contributed by atoms with Crippen LogP contribution in [-0.2, 0) is 11.2 Å². The molecule has 0 atom stereocenters. The first-order valence-electron chi connectivity index (χ1n) is 12.9. The number of halogens is 2. The molecule has 196 valence electrons. The van der Waals surface area contributed by atoms with Crippen LogP contribution in [0.5, 0.6) is 5.75 Å². The number of hydrogen-bond donors (Lipinski definition) is 2. The van der Waals surface area contributed by atoms with Gasteiger partial charge in [0.2, 0.25) is 5.82 Å². The Balaban J connectivity index is 1.27. The third-order valence-electron chi connectivity index (χ3n) is 7.09. The lowest BCUT2D eigenvalue weighted by Gasteiger charge is -2.22. The Bertz CT molecular complexity index is 1220. The summed E-state index contributed by atoms with van der Waals surface area (Å²) in [5, 5.41) is 10.7. The average molecular weight is 544 g/mol. The van der Waals surface area contributed by atoms with Gasteiger partial charge in [-0.2, -0.15) is 0 Å². The van der Waals surface area contributed by atoms with E-state index in [1.807, 2.05) is 12.1 Å². The van der Waals surface area contributed by atoms with Crippen LogP contribution in [0.25, 0.3) is 11.1 Å². The molecule has 1 amide bonds. The topological polar surface area (TPSA) is 102 Å². The highest BCUT2D eigenvalue weighted by Gasteiger charge is 2.20. The number of nitrogens with one attached hydrogen (secondary N) is 2. The molecule has 10 heteroatoms. The van der Waals surface area contributed by atoms with Crippen molar-refractivity contribution in [3.05, 3.63) is 52.2 Å². The highest BCUT2D eigenvalue weighted by Crippen LogP contribution is 2.37. The molecule has 2 N–H and O–H groups in total. The second-order valence-electron chi connectivity index (χ2n) is 9.83. The maximum atomic E-state index is 12.8. The molecule has 1 saturated carbocycles. The monoisotopic (exact) mass is 543 g/mol. The van der Waals surface area contributed by atoms with Crippen LogP contribution in [0.3, 0.4) is 0 Å². The fraction of sp³-hybridized carbons (Fsp3) is 0.481. The molecule has 0 unspecified atom stereocenters. The van der Waals surface area contributed by atoms with Gasteiger partial charge in [-0.25, -0.2) is 9.97 Å². The summed E-state index contributed by atoms with van der Waals surface area (Å²) in [6.07, 6.45) is 10.5. The molecule has 2 fully saturated rings. The summed E-state index contributed by atoms with van der Waals surface area (Å²) >= 11 is 13.0. The molecule has 1 aromatic carbocycles. The van der Waals surface area contributed by atoms with E-state index < -0.39 is 5.91 Å². The van der Waals surface area contributed by atoms with E-state index in [0.717, 1.165) is 38.3 Å². The number of hydrogen-bond acceptors (Lipinski definition) is 6. The Kier molecular flexibility index (Phi) is 8.59. The average Bonchev–Trinajstić information content (AvgIpc) is 3.39. The zero-order valence-corrected chi connectivity index (χ0v) is 22.2. The van der Waals surface area contributed by atoms with Crippen LogP contribution in [0.4, 0.5) is 5.82 Å². The van der Waals surface area contributed by atoms with Crippen molar-refractivity contribution in [3.63, 3.8) is 0 Å². The van der Waals surface area contributed by atoms with Crippen molar-refractivity contribution in [2.75, 3.05) is 25.1 Å². The van der Waals surface area contributed by atoms with E-state index in [2.05, 4.69) is 25.5 Å². The van der Waals surface area contributed by atoms with E-state index in [1.165, 1.54) is 38.3 Å². The molecule has 3 heterocycles. The van der Waals surface area contributed by atoms with Crippen LogP contribution in [0, 0.1) is 11.8 Å². The summed E-state index contributed by atoms with van der Waals surface area (Å²) in [6, 6.07) is 7.18. The molecule has 2 aromatic heterocycles. The lowest BCUT2D eigenvalue weighted by atomic mass is 9.87. The Hall–Kier alpha value is -2.68. The first-order chi connectivity index (χ1) is 18.0. The molecule has 8 nitrogen and oxygen atoms in total. The van der Waals surface area contributed by atoms with Crippen molar-refractivity contribution in [2.24, 2.45) is 11.8 Å². The van der Waals surface area contributed by atoms with Crippen molar-refractivity contribution in [3.8, 4) is 16.9 Å². The standard InChI is InChI=1S/C27H31Cl2N5O3/c28-22-7-6-19(37-16-18-8-10-36-11-9-18)13-20(22)21-14-24(30-15-23(21)29)32-27(35)26-31-25(33-34-26)12-17-4-2-1-3-5-17/h6-7,13-15,17-18H,1-5,8-12,16H2,(H,30,32,35)(H,31,33,34). The van der Waals surface area contributed by atoms with Crippen molar-refractivity contribution >= 4 is 34.9 Å². The summed E-state index contributed by atoms with van der Waals surface area (Å²) in [5.41, 5.74) is 1.34. The number of nitrogens with zero attached hydrogens (tertiary/aromatic N) is 3. The largest absolute Gasteiger partial charge is 0.493 e. The van der Waals surface area contributed by atoms with E-state index in [-0.39, 0.29) is 5.82 Å². The summed E-state index contributed by atoms with van der Waals surface area (Å²) in [4.78, 5) is 21.5. The Labute approximate surface area is 226 Å². The lowest BCUT2D eigenvalue weighted by Crippen LogP contribution is -2.21. The van der Waals surface area contributed by atoms with E-state index in [1.54, 1.807) is 12.1 Å². The highest BCUT2D eigenvalue weighted by atomic mass is 35.5. The van der Waals surface area contributed by atoms with Gasteiger partial charge in [-0.05, 0) is 48.9 Å². The zero-order chi connectivity index (χ0) is 25.6.